The number of aromatic nitrogens is 2. The lowest BCUT2D eigenvalue weighted by Gasteiger charge is -2.40. The molecule has 0 saturated heterocycles. The summed E-state index contributed by atoms with van der Waals surface area (Å²) in [5, 5.41) is 7.45. The first kappa shape index (κ1) is 10.5. The summed E-state index contributed by atoms with van der Waals surface area (Å²) in [5.74, 6) is 0. The molecule has 15 heavy (non-hydrogen) atoms. The lowest BCUT2D eigenvalue weighted by atomic mass is 9.78. The number of rotatable bonds is 2. The highest BCUT2D eigenvalue weighted by molar-refractivity contribution is 6.32. The molecule has 1 saturated carbocycles. The predicted octanol–water partition coefficient (Wildman–Crippen LogP) is 1.79. The molecule has 0 bridgehead atoms. The zero-order valence-electron chi connectivity index (χ0n) is 8.88. The second kappa shape index (κ2) is 3.52. The van der Waals surface area contributed by atoms with E-state index in [2.05, 4.69) is 17.3 Å². The molecule has 1 heterocycles. The molecule has 0 aromatic carbocycles. The van der Waals surface area contributed by atoms with Gasteiger partial charge in [0, 0.05) is 12.6 Å². The Morgan fingerprint density at radius 3 is 2.80 bits per heavy atom. The van der Waals surface area contributed by atoms with Crippen molar-refractivity contribution in [1.82, 2.24) is 9.78 Å². The number of hydrogen-bond acceptors (Lipinski definition) is 3. The minimum atomic E-state index is -0.260. The first-order valence-electron chi connectivity index (χ1n) is 5.02. The van der Waals surface area contributed by atoms with Crippen molar-refractivity contribution in [2.24, 2.45) is 7.05 Å². The summed E-state index contributed by atoms with van der Waals surface area (Å²) in [6.07, 6.45) is 5.05. The van der Waals surface area contributed by atoms with Crippen molar-refractivity contribution in [1.29, 1.82) is 0 Å². The van der Waals surface area contributed by atoms with Gasteiger partial charge in [-0.25, -0.2) is 4.68 Å². The van der Waals surface area contributed by atoms with Gasteiger partial charge in [-0.3, -0.25) is 4.79 Å². The average Bonchev–Trinajstić information content (AvgIpc) is 2.17. The van der Waals surface area contributed by atoms with Crippen molar-refractivity contribution >= 4 is 17.3 Å². The van der Waals surface area contributed by atoms with Crippen LogP contribution in [0.15, 0.2) is 11.0 Å². The first-order valence-corrected chi connectivity index (χ1v) is 5.40. The molecule has 82 valence electrons. The van der Waals surface area contributed by atoms with Gasteiger partial charge in [-0.05, 0) is 26.2 Å². The van der Waals surface area contributed by atoms with Crippen molar-refractivity contribution in [3.05, 3.63) is 21.6 Å². The number of halogens is 1. The molecule has 1 N–H and O–H groups in total. The molecule has 4 nitrogen and oxygen atoms in total. The van der Waals surface area contributed by atoms with Gasteiger partial charge in [-0.1, -0.05) is 11.6 Å². The number of anilines is 1. The van der Waals surface area contributed by atoms with E-state index in [4.69, 9.17) is 11.6 Å². The fraction of sp³-hybridized carbons (Fsp3) is 0.600. The molecule has 1 aliphatic carbocycles. The maximum atomic E-state index is 11.5. The summed E-state index contributed by atoms with van der Waals surface area (Å²) >= 11 is 5.95. The highest BCUT2D eigenvalue weighted by atomic mass is 35.5. The highest BCUT2D eigenvalue weighted by Crippen LogP contribution is 2.35. The van der Waals surface area contributed by atoms with Crippen molar-refractivity contribution in [2.75, 3.05) is 5.32 Å². The molecule has 2 rings (SSSR count). The van der Waals surface area contributed by atoms with Gasteiger partial charge in [-0.15, -0.1) is 0 Å². The average molecular weight is 228 g/mol. The van der Waals surface area contributed by atoms with Crippen LogP contribution < -0.4 is 10.9 Å². The van der Waals surface area contributed by atoms with Crippen LogP contribution in [0.1, 0.15) is 26.2 Å². The van der Waals surface area contributed by atoms with Crippen LogP contribution >= 0.6 is 11.6 Å². The van der Waals surface area contributed by atoms with E-state index in [0.29, 0.717) is 5.69 Å². The molecule has 0 spiro atoms. The van der Waals surface area contributed by atoms with Crippen molar-refractivity contribution in [2.45, 2.75) is 31.7 Å². The Kier molecular flexibility index (Phi) is 2.46. The summed E-state index contributed by atoms with van der Waals surface area (Å²) in [6, 6.07) is 0. The van der Waals surface area contributed by atoms with Crippen molar-refractivity contribution in [3.8, 4) is 0 Å². The van der Waals surface area contributed by atoms with Crippen LogP contribution in [0, 0.1) is 0 Å². The minimum Gasteiger partial charge on any atom is -0.377 e. The van der Waals surface area contributed by atoms with E-state index in [0.717, 1.165) is 12.8 Å². The van der Waals surface area contributed by atoms with Crippen LogP contribution in [0.2, 0.25) is 5.02 Å². The summed E-state index contributed by atoms with van der Waals surface area (Å²) in [5.41, 5.74) is 0.462. The molecule has 0 aliphatic heterocycles. The Morgan fingerprint density at radius 1 is 1.60 bits per heavy atom. The third kappa shape index (κ3) is 1.86. The van der Waals surface area contributed by atoms with E-state index >= 15 is 0 Å². The van der Waals surface area contributed by atoms with Gasteiger partial charge in [0.1, 0.15) is 5.02 Å². The molecule has 0 atom stereocenters. The highest BCUT2D eigenvalue weighted by Gasteiger charge is 2.32. The summed E-state index contributed by atoms with van der Waals surface area (Å²) in [4.78, 5) is 11.5. The monoisotopic (exact) mass is 227 g/mol. The van der Waals surface area contributed by atoms with E-state index < -0.39 is 0 Å². The normalized spacial score (nSPS) is 18.3. The van der Waals surface area contributed by atoms with Gasteiger partial charge in [0.2, 0.25) is 0 Å². The molecule has 1 fully saturated rings. The summed E-state index contributed by atoms with van der Waals surface area (Å²) in [7, 11) is 1.59. The van der Waals surface area contributed by atoms with Gasteiger partial charge < -0.3 is 5.32 Å². The molecular weight excluding hydrogens is 214 g/mol. The smallest absolute Gasteiger partial charge is 0.287 e. The molecule has 1 aliphatic rings. The largest absolute Gasteiger partial charge is 0.377 e. The third-order valence-electron chi connectivity index (χ3n) is 2.97. The van der Waals surface area contributed by atoms with Crippen molar-refractivity contribution < 1.29 is 0 Å². The summed E-state index contributed by atoms with van der Waals surface area (Å²) < 4.78 is 1.23. The van der Waals surface area contributed by atoms with Crippen LogP contribution in [0.25, 0.3) is 0 Å². The fourth-order valence-corrected chi connectivity index (χ4v) is 1.97. The van der Waals surface area contributed by atoms with E-state index in [1.54, 1.807) is 13.2 Å². The number of hydrogen-bond donors (Lipinski definition) is 1. The van der Waals surface area contributed by atoms with E-state index in [9.17, 15) is 4.79 Å². The molecule has 1 aromatic heterocycles. The van der Waals surface area contributed by atoms with E-state index in [1.807, 2.05) is 0 Å². The minimum absolute atomic E-state index is 0.0810. The number of nitrogens with zero attached hydrogens (tertiary/aromatic N) is 2. The van der Waals surface area contributed by atoms with E-state index in [1.165, 1.54) is 11.1 Å². The standard InChI is InChI=1S/C10H14ClN3O/c1-10(4-3-5-10)13-7-6-12-14(2)9(15)8(7)11/h6,13H,3-5H2,1-2H3. The lowest BCUT2D eigenvalue weighted by Crippen LogP contribution is -2.42. The van der Waals surface area contributed by atoms with Gasteiger partial charge in [0.25, 0.3) is 5.56 Å². The maximum absolute atomic E-state index is 11.5. The zero-order chi connectivity index (χ0) is 11.1. The molecule has 0 radical (unpaired) electrons. The van der Waals surface area contributed by atoms with Gasteiger partial charge in [-0.2, -0.15) is 5.10 Å². The second-order valence-corrected chi connectivity index (χ2v) is 4.72. The second-order valence-electron chi connectivity index (χ2n) is 4.34. The van der Waals surface area contributed by atoms with Gasteiger partial charge in [0.15, 0.2) is 0 Å². The zero-order valence-corrected chi connectivity index (χ0v) is 9.64. The van der Waals surface area contributed by atoms with Gasteiger partial charge in [0.05, 0.1) is 11.9 Å². The number of nitrogens with one attached hydrogen (secondary N) is 1. The van der Waals surface area contributed by atoms with Crippen LogP contribution in [0.3, 0.4) is 0 Å². The summed E-state index contributed by atoms with van der Waals surface area (Å²) in [6.45, 7) is 2.13. The van der Waals surface area contributed by atoms with Crippen LogP contribution in [-0.2, 0) is 7.05 Å². The Labute approximate surface area is 93.2 Å². The lowest BCUT2D eigenvalue weighted by molar-refractivity contribution is 0.306. The topological polar surface area (TPSA) is 46.9 Å². The third-order valence-corrected chi connectivity index (χ3v) is 3.34. The number of aryl methyl sites for hydroxylation is 1. The first-order chi connectivity index (χ1) is 7.02. The molecule has 1 aromatic rings. The fourth-order valence-electron chi connectivity index (χ4n) is 1.76. The van der Waals surface area contributed by atoms with E-state index in [-0.39, 0.29) is 16.1 Å². The maximum Gasteiger partial charge on any atom is 0.287 e. The molecule has 0 unspecified atom stereocenters. The Balaban J connectivity index is 2.29. The Bertz CT molecular complexity index is 437. The quantitative estimate of drug-likeness (QED) is 0.838. The molecular formula is C10H14ClN3O. The predicted molar refractivity (Wildman–Crippen MR) is 60.4 cm³/mol. The molecule has 5 heteroatoms. The van der Waals surface area contributed by atoms with Crippen LogP contribution in [-0.4, -0.2) is 15.3 Å². The Morgan fingerprint density at radius 2 is 2.27 bits per heavy atom. The van der Waals surface area contributed by atoms with Gasteiger partial charge >= 0.3 is 0 Å². The van der Waals surface area contributed by atoms with Crippen LogP contribution in [0.4, 0.5) is 5.69 Å². The molecule has 0 amide bonds. The SMILES string of the molecule is Cn1ncc(NC2(C)CCC2)c(Cl)c1=O. The van der Waals surface area contributed by atoms with Crippen molar-refractivity contribution in [3.63, 3.8) is 0 Å². The Hall–Kier alpha value is -1.03. The van der Waals surface area contributed by atoms with Crippen LogP contribution in [0.5, 0.6) is 0 Å².